The van der Waals surface area contributed by atoms with E-state index in [0.29, 0.717) is 0 Å². The molecule has 0 bridgehead atoms. The maximum absolute atomic E-state index is 12.4. The van der Waals surface area contributed by atoms with Crippen LogP contribution >= 0.6 is 22.6 Å². The maximum atomic E-state index is 12.4. The van der Waals surface area contributed by atoms with Gasteiger partial charge in [0.15, 0.2) is 0 Å². The van der Waals surface area contributed by atoms with Gasteiger partial charge in [0.1, 0.15) is 0 Å². The molecule has 0 saturated carbocycles. The highest BCUT2D eigenvalue weighted by atomic mass is 127. The summed E-state index contributed by atoms with van der Waals surface area (Å²) in [4.78, 5) is 12.4. The van der Waals surface area contributed by atoms with Crippen LogP contribution in [0.4, 0.5) is 5.69 Å². The maximum Gasteiger partial charge on any atom is 0.236 e. The summed E-state index contributed by atoms with van der Waals surface area (Å²) in [5.74, 6) is -0.151. The van der Waals surface area contributed by atoms with E-state index in [2.05, 4.69) is 64.3 Å². The average molecular weight is 385 g/mol. The van der Waals surface area contributed by atoms with Gasteiger partial charge in [-0.15, -0.1) is 0 Å². The van der Waals surface area contributed by atoms with Crippen LogP contribution in [0.1, 0.15) is 17.0 Å². The minimum absolute atomic E-state index is 0.0577. The smallest absolute Gasteiger partial charge is 0.236 e. The number of benzene rings is 3. The number of fused-ring (bicyclic) bond motifs is 2. The van der Waals surface area contributed by atoms with E-state index in [1.54, 1.807) is 0 Å². The van der Waals surface area contributed by atoms with Crippen molar-refractivity contribution >= 4 is 45.0 Å². The third kappa shape index (κ3) is 2.12. The van der Waals surface area contributed by atoms with Crippen molar-refractivity contribution in [1.82, 2.24) is 0 Å². The second-order valence-electron chi connectivity index (χ2n) is 5.26. The molecule has 0 spiro atoms. The Hall–Kier alpha value is -1.88. The Bertz CT molecular complexity index is 872. The fraction of sp³-hybridized carbons (Fsp3) is 0.0556. The molecule has 0 radical (unpaired) electrons. The standard InChI is InChI=1S/C18H12INO/c19-14-7-8-16-15(10-14)17(18(21)20-16)13-6-5-11-3-1-2-4-12(11)9-13/h1-10,17H,(H,20,21). The van der Waals surface area contributed by atoms with Gasteiger partial charge in [-0.2, -0.15) is 0 Å². The highest BCUT2D eigenvalue weighted by Crippen LogP contribution is 2.38. The highest BCUT2D eigenvalue weighted by molar-refractivity contribution is 14.1. The topological polar surface area (TPSA) is 29.1 Å². The molecule has 21 heavy (non-hydrogen) atoms. The molecule has 0 fully saturated rings. The van der Waals surface area contributed by atoms with Gasteiger partial charge in [0.2, 0.25) is 5.91 Å². The van der Waals surface area contributed by atoms with Gasteiger partial charge in [0, 0.05) is 9.26 Å². The van der Waals surface area contributed by atoms with Gasteiger partial charge in [-0.3, -0.25) is 4.79 Å². The first-order valence-electron chi connectivity index (χ1n) is 6.81. The second kappa shape index (κ2) is 4.84. The van der Waals surface area contributed by atoms with Crippen LogP contribution in [-0.2, 0) is 4.79 Å². The summed E-state index contributed by atoms with van der Waals surface area (Å²) < 4.78 is 1.15. The third-order valence-electron chi connectivity index (χ3n) is 3.95. The average Bonchev–Trinajstić information content (AvgIpc) is 2.82. The molecule has 0 aliphatic carbocycles. The van der Waals surface area contributed by atoms with Crippen molar-refractivity contribution in [3.8, 4) is 0 Å². The van der Waals surface area contributed by atoms with Gasteiger partial charge in [0.05, 0.1) is 5.92 Å². The van der Waals surface area contributed by atoms with Gasteiger partial charge in [-0.05, 0) is 62.7 Å². The monoisotopic (exact) mass is 385 g/mol. The SMILES string of the molecule is O=C1Nc2ccc(I)cc2C1c1ccc2ccccc2c1. The van der Waals surface area contributed by atoms with E-state index in [4.69, 9.17) is 0 Å². The van der Waals surface area contributed by atoms with Crippen LogP contribution in [0.3, 0.4) is 0 Å². The van der Waals surface area contributed by atoms with E-state index in [9.17, 15) is 4.79 Å². The Morgan fingerprint density at radius 3 is 2.57 bits per heavy atom. The summed E-state index contributed by atoms with van der Waals surface area (Å²) in [7, 11) is 0. The lowest BCUT2D eigenvalue weighted by Crippen LogP contribution is -2.13. The predicted molar refractivity (Wildman–Crippen MR) is 93.6 cm³/mol. The van der Waals surface area contributed by atoms with Crippen LogP contribution in [-0.4, -0.2) is 5.91 Å². The van der Waals surface area contributed by atoms with Crippen LogP contribution in [0.2, 0.25) is 0 Å². The molecule has 1 aliphatic rings. The third-order valence-corrected chi connectivity index (χ3v) is 4.62. The highest BCUT2D eigenvalue weighted by Gasteiger charge is 2.31. The van der Waals surface area contributed by atoms with Crippen molar-refractivity contribution in [2.75, 3.05) is 5.32 Å². The van der Waals surface area contributed by atoms with Crippen LogP contribution < -0.4 is 5.32 Å². The number of anilines is 1. The number of hydrogen-bond donors (Lipinski definition) is 1. The van der Waals surface area contributed by atoms with Gasteiger partial charge in [-0.25, -0.2) is 0 Å². The summed E-state index contributed by atoms with van der Waals surface area (Å²) in [6.45, 7) is 0. The summed E-state index contributed by atoms with van der Waals surface area (Å²) in [5.41, 5.74) is 3.05. The lowest BCUT2D eigenvalue weighted by molar-refractivity contribution is -0.116. The first kappa shape index (κ1) is 12.8. The molecule has 1 N–H and O–H groups in total. The lowest BCUT2D eigenvalue weighted by Gasteiger charge is -2.11. The number of amides is 1. The molecule has 3 heteroatoms. The van der Waals surface area contributed by atoms with Crippen molar-refractivity contribution in [2.24, 2.45) is 0 Å². The molecule has 1 atom stereocenters. The molecular weight excluding hydrogens is 373 g/mol. The van der Waals surface area contributed by atoms with Gasteiger partial charge < -0.3 is 5.32 Å². The van der Waals surface area contributed by atoms with E-state index in [-0.39, 0.29) is 11.8 Å². The molecule has 102 valence electrons. The van der Waals surface area contributed by atoms with E-state index < -0.39 is 0 Å². The Labute approximate surface area is 136 Å². The van der Waals surface area contributed by atoms with Gasteiger partial charge in [-0.1, -0.05) is 42.5 Å². The van der Waals surface area contributed by atoms with Gasteiger partial charge >= 0.3 is 0 Å². The van der Waals surface area contributed by atoms with Crippen molar-refractivity contribution in [3.05, 3.63) is 75.4 Å². The lowest BCUT2D eigenvalue weighted by atomic mass is 9.91. The Balaban J connectivity index is 1.89. The number of nitrogens with one attached hydrogen (secondary N) is 1. The Morgan fingerprint density at radius 2 is 1.71 bits per heavy atom. The molecule has 0 aromatic heterocycles. The van der Waals surface area contributed by atoms with Crippen LogP contribution in [0.25, 0.3) is 10.8 Å². The predicted octanol–water partition coefficient (Wildman–Crippen LogP) is 4.53. The Kier molecular flexibility index (Phi) is 2.96. The molecule has 3 aromatic carbocycles. The fourth-order valence-electron chi connectivity index (χ4n) is 2.95. The van der Waals surface area contributed by atoms with Crippen LogP contribution in [0, 0.1) is 3.57 Å². The van der Waals surface area contributed by atoms with Crippen molar-refractivity contribution < 1.29 is 4.79 Å². The summed E-state index contributed by atoms with van der Waals surface area (Å²) >= 11 is 2.28. The molecule has 4 rings (SSSR count). The second-order valence-corrected chi connectivity index (χ2v) is 6.51. The zero-order valence-electron chi connectivity index (χ0n) is 11.1. The quantitative estimate of drug-likeness (QED) is 0.613. The van der Waals surface area contributed by atoms with Crippen LogP contribution in [0.5, 0.6) is 0 Å². The molecule has 3 aromatic rings. The fourth-order valence-corrected chi connectivity index (χ4v) is 3.47. The van der Waals surface area contributed by atoms with Crippen molar-refractivity contribution in [1.29, 1.82) is 0 Å². The number of rotatable bonds is 1. The molecule has 0 saturated heterocycles. The van der Waals surface area contributed by atoms with Crippen LogP contribution in [0.15, 0.2) is 60.7 Å². The largest absolute Gasteiger partial charge is 0.325 e. The summed E-state index contributed by atoms with van der Waals surface area (Å²) in [6, 6.07) is 20.6. The minimum Gasteiger partial charge on any atom is -0.325 e. The molecule has 1 unspecified atom stereocenters. The number of hydrogen-bond acceptors (Lipinski definition) is 1. The normalized spacial score (nSPS) is 16.8. The molecule has 1 heterocycles. The minimum atomic E-state index is -0.209. The molecular formula is C18H12INO. The van der Waals surface area contributed by atoms with E-state index >= 15 is 0 Å². The number of halogens is 1. The van der Waals surface area contributed by atoms with Gasteiger partial charge in [0.25, 0.3) is 0 Å². The van der Waals surface area contributed by atoms with E-state index in [1.807, 2.05) is 24.3 Å². The Morgan fingerprint density at radius 1 is 0.905 bits per heavy atom. The zero-order chi connectivity index (χ0) is 14.4. The molecule has 2 nitrogen and oxygen atoms in total. The number of carbonyl (C=O) groups is 1. The zero-order valence-corrected chi connectivity index (χ0v) is 13.3. The summed E-state index contributed by atoms with van der Waals surface area (Å²) in [5, 5.41) is 5.34. The molecule has 1 aliphatic heterocycles. The molecule has 1 amide bonds. The van der Waals surface area contributed by atoms with E-state index in [1.165, 1.54) is 10.8 Å². The first-order valence-corrected chi connectivity index (χ1v) is 7.89. The van der Waals surface area contributed by atoms with E-state index in [0.717, 1.165) is 20.4 Å². The van der Waals surface area contributed by atoms with Crippen molar-refractivity contribution in [2.45, 2.75) is 5.92 Å². The summed E-state index contributed by atoms with van der Waals surface area (Å²) in [6.07, 6.45) is 0. The first-order chi connectivity index (χ1) is 10.2. The van der Waals surface area contributed by atoms with Crippen molar-refractivity contribution in [3.63, 3.8) is 0 Å². The number of carbonyl (C=O) groups excluding carboxylic acids is 1.